The molecule has 0 unspecified atom stereocenters. The van der Waals surface area contributed by atoms with Gasteiger partial charge in [0.15, 0.2) is 0 Å². The Morgan fingerprint density at radius 2 is 1.81 bits per heavy atom. The minimum absolute atomic E-state index is 0.116. The van der Waals surface area contributed by atoms with Gasteiger partial charge >= 0.3 is 0 Å². The SMILES string of the molecule is COc1ccc(N2C(=O)C[C@H](Nc3ccc4c(c3)CCC4)C2=O)c(OC)c1. The number of amides is 2. The first kappa shape index (κ1) is 17.4. The summed E-state index contributed by atoms with van der Waals surface area (Å²) in [5.41, 5.74) is 4.02. The molecule has 140 valence electrons. The van der Waals surface area contributed by atoms with Crippen LogP contribution in [0.4, 0.5) is 11.4 Å². The summed E-state index contributed by atoms with van der Waals surface area (Å²) in [5.74, 6) is 0.503. The van der Waals surface area contributed by atoms with E-state index in [-0.39, 0.29) is 18.2 Å². The molecule has 1 atom stereocenters. The smallest absolute Gasteiger partial charge is 0.256 e. The molecule has 2 aliphatic rings. The van der Waals surface area contributed by atoms with Gasteiger partial charge in [-0.3, -0.25) is 9.59 Å². The first-order chi connectivity index (χ1) is 13.1. The highest BCUT2D eigenvalue weighted by molar-refractivity contribution is 6.23. The average molecular weight is 366 g/mol. The molecule has 1 N–H and O–H groups in total. The van der Waals surface area contributed by atoms with Crippen LogP contribution in [-0.2, 0) is 22.4 Å². The Balaban J connectivity index is 1.57. The maximum Gasteiger partial charge on any atom is 0.256 e. The molecule has 2 amide bonds. The van der Waals surface area contributed by atoms with E-state index in [1.165, 1.54) is 29.6 Å². The minimum Gasteiger partial charge on any atom is -0.497 e. The third-order valence-corrected chi connectivity index (χ3v) is 5.21. The molecule has 1 fully saturated rings. The fourth-order valence-corrected chi connectivity index (χ4v) is 3.83. The topological polar surface area (TPSA) is 67.9 Å². The van der Waals surface area contributed by atoms with Crippen LogP contribution < -0.4 is 19.7 Å². The fourth-order valence-electron chi connectivity index (χ4n) is 3.83. The van der Waals surface area contributed by atoms with Crippen molar-refractivity contribution in [2.75, 3.05) is 24.4 Å². The number of carbonyl (C=O) groups excluding carboxylic acids is 2. The van der Waals surface area contributed by atoms with Crippen molar-refractivity contribution >= 4 is 23.2 Å². The lowest BCUT2D eigenvalue weighted by molar-refractivity contribution is -0.121. The Labute approximate surface area is 158 Å². The number of methoxy groups -OCH3 is 2. The van der Waals surface area contributed by atoms with Crippen molar-refractivity contribution in [3.05, 3.63) is 47.5 Å². The summed E-state index contributed by atoms with van der Waals surface area (Å²) < 4.78 is 10.5. The number of rotatable bonds is 5. The number of hydrogen-bond donors (Lipinski definition) is 1. The molecular weight excluding hydrogens is 344 g/mol. The van der Waals surface area contributed by atoms with Crippen molar-refractivity contribution in [3.8, 4) is 11.5 Å². The Morgan fingerprint density at radius 3 is 2.59 bits per heavy atom. The lowest BCUT2D eigenvalue weighted by Crippen LogP contribution is -2.35. The third kappa shape index (κ3) is 3.12. The molecule has 2 aromatic rings. The van der Waals surface area contributed by atoms with Crippen LogP contribution in [0, 0.1) is 0 Å². The van der Waals surface area contributed by atoms with Gasteiger partial charge in [0, 0.05) is 11.8 Å². The number of aryl methyl sites for hydroxylation is 2. The van der Waals surface area contributed by atoms with Crippen molar-refractivity contribution in [2.24, 2.45) is 0 Å². The highest BCUT2D eigenvalue weighted by atomic mass is 16.5. The maximum atomic E-state index is 12.9. The van der Waals surface area contributed by atoms with Gasteiger partial charge in [0.05, 0.1) is 26.3 Å². The summed E-state index contributed by atoms with van der Waals surface area (Å²) in [5, 5.41) is 3.23. The number of fused-ring (bicyclic) bond motifs is 1. The standard InChI is InChI=1S/C21H22N2O4/c1-26-16-8-9-18(19(11-16)27-2)23-20(24)12-17(21(23)25)22-15-7-6-13-4-3-5-14(13)10-15/h6-11,17,22H,3-5,12H2,1-2H3/t17-/m0/s1. The van der Waals surface area contributed by atoms with Gasteiger partial charge in [-0.1, -0.05) is 6.07 Å². The molecule has 4 rings (SSSR count). The van der Waals surface area contributed by atoms with Crippen LogP contribution in [0.3, 0.4) is 0 Å². The summed E-state index contributed by atoms with van der Waals surface area (Å²) in [4.78, 5) is 26.7. The first-order valence-corrected chi connectivity index (χ1v) is 9.08. The summed E-state index contributed by atoms with van der Waals surface area (Å²) in [6.07, 6.45) is 3.47. The normalized spacial score (nSPS) is 18.6. The molecule has 0 saturated carbocycles. The number of nitrogens with zero attached hydrogens (tertiary/aromatic N) is 1. The summed E-state index contributed by atoms with van der Waals surface area (Å²) in [6.45, 7) is 0. The van der Waals surface area contributed by atoms with Crippen LogP contribution in [0.15, 0.2) is 36.4 Å². The zero-order valence-corrected chi connectivity index (χ0v) is 15.5. The number of hydrogen-bond acceptors (Lipinski definition) is 5. The summed E-state index contributed by atoms with van der Waals surface area (Å²) >= 11 is 0. The molecule has 27 heavy (non-hydrogen) atoms. The number of anilines is 2. The summed E-state index contributed by atoms with van der Waals surface area (Å²) in [7, 11) is 3.06. The number of carbonyl (C=O) groups is 2. The molecule has 0 radical (unpaired) electrons. The largest absolute Gasteiger partial charge is 0.497 e. The second kappa shape index (κ2) is 6.95. The molecule has 1 aliphatic carbocycles. The molecule has 6 nitrogen and oxygen atoms in total. The van der Waals surface area contributed by atoms with Crippen molar-refractivity contribution in [1.82, 2.24) is 0 Å². The van der Waals surface area contributed by atoms with Crippen LogP contribution in [-0.4, -0.2) is 32.1 Å². The van der Waals surface area contributed by atoms with E-state index in [0.29, 0.717) is 17.2 Å². The monoisotopic (exact) mass is 366 g/mol. The van der Waals surface area contributed by atoms with E-state index in [2.05, 4.69) is 17.4 Å². The van der Waals surface area contributed by atoms with Gasteiger partial charge in [0.25, 0.3) is 5.91 Å². The van der Waals surface area contributed by atoms with Gasteiger partial charge in [0.2, 0.25) is 5.91 Å². The van der Waals surface area contributed by atoms with Crippen LogP contribution >= 0.6 is 0 Å². The number of ether oxygens (including phenoxy) is 2. The average Bonchev–Trinajstić information content (AvgIpc) is 3.25. The molecule has 0 bridgehead atoms. The van der Waals surface area contributed by atoms with Crippen molar-refractivity contribution in [3.63, 3.8) is 0 Å². The molecule has 6 heteroatoms. The minimum atomic E-state index is -0.580. The second-order valence-corrected chi connectivity index (χ2v) is 6.84. The molecule has 1 heterocycles. The van der Waals surface area contributed by atoms with E-state index >= 15 is 0 Å². The zero-order chi connectivity index (χ0) is 19.0. The van der Waals surface area contributed by atoms with Gasteiger partial charge in [-0.25, -0.2) is 4.90 Å². The zero-order valence-electron chi connectivity index (χ0n) is 15.5. The van der Waals surface area contributed by atoms with Crippen LogP contribution in [0.25, 0.3) is 0 Å². The van der Waals surface area contributed by atoms with Crippen molar-refractivity contribution < 1.29 is 19.1 Å². The Morgan fingerprint density at radius 1 is 1.00 bits per heavy atom. The molecule has 2 aromatic carbocycles. The Kier molecular flexibility index (Phi) is 4.48. The lowest BCUT2D eigenvalue weighted by atomic mass is 10.1. The van der Waals surface area contributed by atoms with E-state index in [1.54, 1.807) is 25.3 Å². The van der Waals surface area contributed by atoms with E-state index in [0.717, 1.165) is 18.5 Å². The van der Waals surface area contributed by atoms with E-state index < -0.39 is 6.04 Å². The Bertz CT molecular complexity index is 909. The van der Waals surface area contributed by atoms with Gasteiger partial charge in [-0.05, 0) is 54.7 Å². The Hall–Kier alpha value is -3.02. The number of imide groups is 1. The van der Waals surface area contributed by atoms with Gasteiger partial charge in [-0.15, -0.1) is 0 Å². The second-order valence-electron chi connectivity index (χ2n) is 6.84. The molecule has 1 aliphatic heterocycles. The van der Waals surface area contributed by atoms with Gasteiger partial charge in [-0.2, -0.15) is 0 Å². The van der Waals surface area contributed by atoms with Gasteiger partial charge in [0.1, 0.15) is 17.5 Å². The van der Waals surface area contributed by atoms with E-state index in [1.807, 2.05) is 6.07 Å². The van der Waals surface area contributed by atoms with Crippen molar-refractivity contribution in [1.29, 1.82) is 0 Å². The molecule has 1 saturated heterocycles. The number of benzene rings is 2. The lowest BCUT2D eigenvalue weighted by Gasteiger charge is -2.19. The maximum absolute atomic E-state index is 12.9. The fraction of sp³-hybridized carbons (Fsp3) is 0.333. The highest BCUT2D eigenvalue weighted by Gasteiger charge is 2.41. The molecule has 0 aromatic heterocycles. The van der Waals surface area contributed by atoms with Gasteiger partial charge < -0.3 is 14.8 Å². The predicted octanol–water partition coefficient (Wildman–Crippen LogP) is 2.94. The highest BCUT2D eigenvalue weighted by Crippen LogP contribution is 2.36. The quantitative estimate of drug-likeness (QED) is 0.824. The van der Waals surface area contributed by atoms with Crippen LogP contribution in [0.2, 0.25) is 0 Å². The first-order valence-electron chi connectivity index (χ1n) is 9.08. The van der Waals surface area contributed by atoms with Crippen LogP contribution in [0.5, 0.6) is 11.5 Å². The molecule has 0 spiro atoms. The van der Waals surface area contributed by atoms with E-state index in [9.17, 15) is 9.59 Å². The van der Waals surface area contributed by atoms with Crippen molar-refractivity contribution in [2.45, 2.75) is 31.7 Å². The molecular formula is C21H22N2O4. The third-order valence-electron chi connectivity index (χ3n) is 5.21. The van der Waals surface area contributed by atoms with E-state index in [4.69, 9.17) is 9.47 Å². The summed E-state index contributed by atoms with van der Waals surface area (Å²) in [6, 6.07) is 10.6. The predicted molar refractivity (Wildman–Crippen MR) is 103 cm³/mol. The number of nitrogens with one attached hydrogen (secondary N) is 1. The van der Waals surface area contributed by atoms with Crippen LogP contribution in [0.1, 0.15) is 24.0 Å².